The predicted molar refractivity (Wildman–Crippen MR) is 80.4 cm³/mol. The third-order valence-electron chi connectivity index (χ3n) is 3.48. The quantitative estimate of drug-likeness (QED) is 0.718. The maximum absolute atomic E-state index is 11.1. The van der Waals surface area contributed by atoms with Gasteiger partial charge in [0.2, 0.25) is 0 Å². The zero-order valence-electron chi connectivity index (χ0n) is 12.8. The molecule has 0 amide bonds. The minimum atomic E-state index is -0.847. The van der Waals surface area contributed by atoms with Gasteiger partial charge in [0.25, 0.3) is 0 Å². The lowest BCUT2D eigenvalue weighted by Gasteiger charge is -2.24. The van der Waals surface area contributed by atoms with Crippen molar-refractivity contribution in [3.05, 3.63) is 29.3 Å². The van der Waals surface area contributed by atoms with E-state index in [1.165, 1.54) is 11.1 Å². The summed E-state index contributed by atoms with van der Waals surface area (Å²) >= 11 is 0. The lowest BCUT2D eigenvalue weighted by Crippen LogP contribution is -2.49. The summed E-state index contributed by atoms with van der Waals surface area (Å²) in [7, 11) is 0. The van der Waals surface area contributed by atoms with Crippen molar-refractivity contribution in [2.75, 3.05) is 13.2 Å². The number of benzene rings is 1. The third-order valence-corrected chi connectivity index (χ3v) is 3.48. The van der Waals surface area contributed by atoms with Crippen molar-refractivity contribution in [1.82, 2.24) is 5.32 Å². The molecule has 0 bridgehead atoms. The molecule has 0 aliphatic rings. The zero-order chi connectivity index (χ0) is 15.2. The minimum Gasteiger partial charge on any atom is -0.494 e. The van der Waals surface area contributed by atoms with Crippen LogP contribution in [0, 0.1) is 13.8 Å². The van der Waals surface area contributed by atoms with Crippen LogP contribution >= 0.6 is 0 Å². The molecule has 0 aliphatic heterocycles. The molecule has 1 aromatic rings. The number of rotatable bonds is 8. The van der Waals surface area contributed by atoms with Gasteiger partial charge in [-0.15, -0.1) is 0 Å². The summed E-state index contributed by atoms with van der Waals surface area (Å²) in [4.78, 5) is 11.1. The molecule has 1 rings (SSSR count). The summed E-state index contributed by atoms with van der Waals surface area (Å²) < 4.78 is 5.69. The molecular formula is C16H25NO3. The molecule has 2 N–H and O–H groups in total. The molecule has 0 saturated carbocycles. The Morgan fingerprint density at radius 2 is 1.90 bits per heavy atom. The van der Waals surface area contributed by atoms with Gasteiger partial charge in [-0.1, -0.05) is 13.0 Å². The summed E-state index contributed by atoms with van der Waals surface area (Å²) in [5.74, 6) is 0.0641. The first kappa shape index (κ1) is 16.5. The van der Waals surface area contributed by atoms with Crippen molar-refractivity contribution in [2.45, 2.75) is 46.1 Å². The molecule has 4 nitrogen and oxygen atoms in total. The Hall–Kier alpha value is -1.55. The largest absolute Gasteiger partial charge is 0.494 e. The van der Waals surface area contributed by atoms with Crippen LogP contribution in [0.1, 0.15) is 37.8 Å². The molecule has 0 aromatic heterocycles. The Balaban J connectivity index is 2.33. The molecule has 0 spiro atoms. The zero-order valence-corrected chi connectivity index (χ0v) is 12.8. The first-order valence-electron chi connectivity index (χ1n) is 7.07. The second-order valence-corrected chi connectivity index (χ2v) is 5.44. The van der Waals surface area contributed by atoms with Gasteiger partial charge in [-0.25, -0.2) is 0 Å². The van der Waals surface area contributed by atoms with Crippen LogP contribution in [-0.4, -0.2) is 29.8 Å². The van der Waals surface area contributed by atoms with Crippen molar-refractivity contribution in [3.8, 4) is 5.75 Å². The van der Waals surface area contributed by atoms with Crippen LogP contribution in [0.5, 0.6) is 5.75 Å². The van der Waals surface area contributed by atoms with Crippen LogP contribution in [0.4, 0.5) is 0 Å². The number of aliphatic carboxylic acids is 1. The van der Waals surface area contributed by atoms with E-state index in [4.69, 9.17) is 9.84 Å². The monoisotopic (exact) mass is 279 g/mol. The van der Waals surface area contributed by atoms with Crippen LogP contribution in [0.3, 0.4) is 0 Å². The summed E-state index contributed by atoms with van der Waals surface area (Å²) in [5.41, 5.74) is 1.52. The molecule has 4 heteroatoms. The van der Waals surface area contributed by atoms with Crippen molar-refractivity contribution in [3.63, 3.8) is 0 Å². The van der Waals surface area contributed by atoms with E-state index in [0.29, 0.717) is 19.6 Å². The Bertz CT molecular complexity index is 439. The highest BCUT2D eigenvalue weighted by Crippen LogP contribution is 2.16. The number of carbonyl (C=O) groups is 1. The van der Waals surface area contributed by atoms with E-state index >= 15 is 0 Å². The predicted octanol–water partition coefficient (Wildman–Crippen LogP) is 2.92. The van der Waals surface area contributed by atoms with Crippen LogP contribution in [0.25, 0.3) is 0 Å². The lowest BCUT2D eigenvalue weighted by atomic mass is 9.99. The highest BCUT2D eigenvalue weighted by atomic mass is 16.5. The molecule has 112 valence electrons. The first-order valence-corrected chi connectivity index (χ1v) is 7.07. The number of nitrogens with one attached hydrogen (secondary N) is 1. The van der Waals surface area contributed by atoms with Gasteiger partial charge in [-0.3, -0.25) is 4.79 Å². The Morgan fingerprint density at radius 1 is 1.30 bits per heavy atom. The Labute approximate surface area is 121 Å². The SMILES string of the molecule is CCC(C)(NCCCOc1cc(C)cc(C)c1)C(=O)O. The second kappa shape index (κ2) is 7.29. The lowest BCUT2D eigenvalue weighted by molar-refractivity contribution is -0.144. The molecule has 0 radical (unpaired) electrons. The molecular weight excluding hydrogens is 254 g/mol. The maximum Gasteiger partial charge on any atom is 0.323 e. The van der Waals surface area contributed by atoms with Gasteiger partial charge in [0, 0.05) is 0 Å². The third kappa shape index (κ3) is 4.85. The molecule has 1 unspecified atom stereocenters. The number of aryl methyl sites for hydroxylation is 2. The number of ether oxygens (including phenoxy) is 1. The van der Waals surface area contributed by atoms with E-state index in [1.807, 2.05) is 32.9 Å². The smallest absolute Gasteiger partial charge is 0.323 e. The molecule has 1 aromatic carbocycles. The standard InChI is InChI=1S/C16H25NO3/c1-5-16(4,15(18)19)17-7-6-8-20-14-10-12(2)9-13(3)11-14/h9-11,17H,5-8H2,1-4H3,(H,18,19). The van der Waals surface area contributed by atoms with E-state index in [2.05, 4.69) is 11.4 Å². The molecule has 0 fully saturated rings. The maximum atomic E-state index is 11.1. The minimum absolute atomic E-state index is 0.556. The summed E-state index contributed by atoms with van der Waals surface area (Å²) in [6.45, 7) is 8.87. The molecule has 0 heterocycles. The molecule has 20 heavy (non-hydrogen) atoms. The fourth-order valence-corrected chi connectivity index (χ4v) is 1.99. The van der Waals surface area contributed by atoms with Gasteiger partial charge >= 0.3 is 5.97 Å². The van der Waals surface area contributed by atoms with Crippen molar-refractivity contribution in [2.24, 2.45) is 0 Å². The highest BCUT2D eigenvalue weighted by Gasteiger charge is 2.29. The van der Waals surface area contributed by atoms with Gasteiger partial charge in [0.1, 0.15) is 11.3 Å². The highest BCUT2D eigenvalue weighted by molar-refractivity contribution is 5.78. The topological polar surface area (TPSA) is 58.6 Å². The van der Waals surface area contributed by atoms with Crippen molar-refractivity contribution >= 4 is 5.97 Å². The van der Waals surface area contributed by atoms with E-state index in [0.717, 1.165) is 12.2 Å². The summed E-state index contributed by atoms with van der Waals surface area (Å²) in [6.07, 6.45) is 1.33. The van der Waals surface area contributed by atoms with Gasteiger partial charge in [-0.05, 0) is 63.4 Å². The van der Waals surface area contributed by atoms with Gasteiger partial charge in [0.05, 0.1) is 6.61 Å². The van der Waals surface area contributed by atoms with Crippen molar-refractivity contribution in [1.29, 1.82) is 0 Å². The summed E-state index contributed by atoms with van der Waals surface area (Å²) in [6, 6.07) is 6.12. The normalized spacial score (nSPS) is 13.8. The van der Waals surface area contributed by atoms with E-state index in [1.54, 1.807) is 6.92 Å². The second-order valence-electron chi connectivity index (χ2n) is 5.44. The fourth-order valence-electron chi connectivity index (χ4n) is 1.99. The first-order chi connectivity index (χ1) is 9.37. The molecule has 1 atom stereocenters. The van der Waals surface area contributed by atoms with E-state index in [-0.39, 0.29) is 0 Å². The fraction of sp³-hybridized carbons (Fsp3) is 0.562. The van der Waals surface area contributed by atoms with Gasteiger partial charge in [0.15, 0.2) is 0 Å². The summed E-state index contributed by atoms with van der Waals surface area (Å²) in [5, 5.41) is 12.2. The Morgan fingerprint density at radius 3 is 2.40 bits per heavy atom. The van der Waals surface area contributed by atoms with Gasteiger partial charge < -0.3 is 15.2 Å². The molecule has 0 aliphatic carbocycles. The Kier molecular flexibility index (Phi) is 6.02. The number of hydrogen-bond donors (Lipinski definition) is 2. The number of hydrogen-bond acceptors (Lipinski definition) is 3. The van der Waals surface area contributed by atoms with Crippen molar-refractivity contribution < 1.29 is 14.6 Å². The number of carboxylic acids is 1. The number of carboxylic acid groups (broad SMARTS) is 1. The van der Waals surface area contributed by atoms with Gasteiger partial charge in [-0.2, -0.15) is 0 Å². The molecule has 0 saturated heterocycles. The van der Waals surface area contributed by atoms with Crippen LogP contribution in [-0.2, 0) is 4.79 Å². The van der Waals surface area contributed by atoms with E-state index < -0.39 is 11.5 Å². The van der Waals surface area contributed by atoms with Crippen LogP contribution < -0.4 is 10.1 Å². The average molecular weight is 279 g/mol. The van der Waals surface area contributed by atoms with E-state index in [9.17, 15) is 4.79 Å². The average Bonchev–Trinajstić information content (AvgIpc) is 2.36. The van der Waals surface area contributed by atoms with Crippen LogP contribution in [0.2, 0.25) is 0 Å². The van der Waals surface area contributed by atoms with Crippen LogP contribution in [0.15, 0.2) is 18.2 Å².